The van der Waals surface area contributed by atoms with E-state index in [0.29, 0.717) is 13.0 Å². The summed E-state index contributed by atoms with van der Waals surface area (Å²) in [5, 5.41) is 10.6. The van der Waals surface area contributed by atoms with Crippen LogP contribution in [0.2, 0.25) is 0 Å². The van der Waals surface area contributed by atoms with Gasteiger partial charge in [0.2, 0.25) is 0 Å². The van der Waals surface area contributed by atoms with Gasteiger partial charge >= 0.3 is 0 Å². The van der Waals surface area contributed by atoms with Crippen molar-refractivity contribution in [3.05, 3.63) is 95.1 Å². The Morgan fingerprint density at radius 1 is 0.972 bits per heavy atom. The SMILES string of the molecule is Cc1ccccc1N1CCN(CC(O)COc2ccc(F)cc2C(=O)CCc2ccc(F)cc2)CC1. The number of Topliss-reactive ketones (excluding diaryl/α,β-unsaturated/α-hetero) is 1. The van der Waals surface area contributed by atoms with E-state index in [1.807, 2.05) is 12.1 Å². The minimum absolute atomic E-state index is 0.00187. The Labute approximate surface area is 210 Å². The number of anilines is 1. The summed E-state index contributed by atoms with van der Waals surface area (Å²) >= 11 is 0. The van der Waals surface area contributed by atoms with Gasteiger partial charge in [0.05, 0.1) is 5.56 Å². The number of benzene rings is 3. The number of carbonyl (C=O) groups is 1. The number of β-amino-alcohol motifs (C(OH)–C–C–N with tert-alkyl or cyclic N) is 1. The van der Waals surface area contributed by atoms with Crippen LogP contribution < -0.4 is 9.64 Å². The quantitative estimate of drug-likeness (QED) is 0.416. The van der Waals surface area contributed by atoms with Crippen molar-refractivity contribution in [2.45, 2.75) is 25.9 Å². The first kappa shape index (κ1) is 25.8. The van der Waals surface area contributed by atoms with E-state index >= 15 is 0 Å². The van der Waals surface area contributed by atoms with E-state index < -0.39 is 11.9 Å². The number of nitrogens with zero attached hydrogens (tertiary/aromatic N) is 2. The van der Waals surface area contributed by atoms with Crippen molar-refractivity contribution < 1.29 is 23.4 Å². The van der Waals surface area contributed by atoms with Crippen LogP contribution in [0.3, 0.4) is 0 Å². The molecule has 36 heavy (non-hydrogen) atoms. The van der Waals surface area contributed by atoms with Gasteiger partial charge in [-0.3, -0.25) is 9.69 Å². The predicted molar refractivity (Wildman–Crippen MR) is 137 cm³/mol. The van der Waals surface area contributed by atoms with Crippen LogP contribution >= 0.6 is 0 Å². The van der Waals surface area contributed by atoms with Crippen LogP contribution in [-0.2, 0) is 6.42 Å². The van der Waals surface area contributed by atoms with Gasteiger partial charge in [-0.05, 0) is 60.9 Å². The molecule has 190 valence electrons. The van der Waals surface area contributed by atoms with Crippen molar-refractivity contribution in [3.63, 3.8) is 0 Å². The second-order valence-corrected chi connectivity index (χ2v) is 9.23. The van der Waals surface area contributed by atoms with Crippen LogP contribution in [0, 0.1) is 18.6 Å². The summed E-state index contributed by atoms with van der Waals surface area (Å²) in [5.41, 5.74) is 3.47. The molecule has 0 saturated carbocycles. The van der Waals surface area contributed by atoms with Crippen LogP contribution in [0.25, 0.3) is 0 Å². The number of ether oxygens (including phenoxy) is 1. The molecule has 7 heteroatoms. The molecule has 0 spiro atoms. The Balaban J connectivity index is 1.28. The average molecular weight is 495 g/mol. The van der Waals surface area contributed by atoms with Crippen molar-refractivity contribution in [2.24, 2.45) is 0 Å². The largest absolute Gasteiger partial charge is 0.490 e. The number of piperazine rings is 1. The molecule has 0 aliphatic carbocycles. The lowest BCUT2D eigenvalue weighted by Crippen LogP contribution is -2.49. The van der Waals surface area contributed by atoms with Gasteiger partial charge in [-0.25, -0.2) is 8.78 Å². The Morgan fingerprint density at radius 3 is 2.39 bits per heavy atom. The minimum atomic E-state index is -0.748. The average Bonchev–Trinajstić information content (AvgIpc) is 2.88. The number of ketones is 1. The van der Waals surface area contributed by atoms with Gasteiger partial charge in [0, 0.05) is 44.8 Å². The Morgan fingerprint density at radius 2 is 1.67 bits per heavy atom. The molecular formula is C29H32F2N2O3. The fourth-order valence-electron chi connectivity index (χ4n) is 4.52. The molecule has 1 aliphatic heterocycles. The maximum Gasteiger partial charge on any atom is 0.167 e. The van der Waals surface area contributed by atoms with E-state index in [0.717, 1.165) is 31.7 Å². The third-order valence-corrected chi connectivity index (χ3v) is 6.52. The fourth-order valence-corrected chi connectivity index (χ4v) is 4.52. The number of hydrogen-bond donors (Lipinski definition) is 1. The van der Waals surface area contributed by atoms with Gasteiger partial charge < -0.3 is 14.7 Å². The molecule has 1 saturated heterocycles. The zero-order valence-electron chi connectivity index (χ0n) is 20.5. The number of halogens is 2. The number of aliphatic hydroxyl groups excluding tert-OH is 1. The highest BCUT2D eigenvalue weighted by atomic mass is 19.1. The molecule has 5 nitrogen and oxygen atoms in total. The highest BCUT2D eigenvalue weighted by Crippen LogP contribution is 2.23. The molecule has 1 aliphatic rings. The summed E-state index contributed by atoms with van der Waals surface area (Å²) in [6.07, 6.45) is -0.201. The first-order valence-electron chi connectivity index (χ1n) is 12.3. The third-order valence-electron chi connectivity index (χ3n) is 6.52. The standard InChI is InChI=1S/C29H32F2N2O3/c1-21-4-2-3-5-27(21)33-16-14-32(15-17-33)19-25(34)20-36-29-13-11-24(31)18-26(29)28(35)12-8-22-6-9-23(30)10-7-22/h2-7,9-11,13,18,25,34H,8,12,14-17,19-20H2,1H3. The van der Waals surface area contributed by atoms with Crippen molar-refractivity contribution in [1.82, 2.24) is 4.90 Å². The molecule has 0 radical (unpaired) electrons. The minimum Gasteiger partial charge on any atom is -0.490 e. The molecule has 1 N–H and O–H groups in total. The molecule has 0 amide bonds. The first-order chi connectivity index (χ1) is 17.4. The number of rotatable bonds is 10. The summed E-state index contributed by atoms with van der Waals surface area (Å²) in [7, 11) is 0. The van der Waals surface area contributed by atoms with Gasteiger partial charge in [-0.2, -0.15) is 0 Å². The molecule has 0 bridgehead atoms. The molecule has 1 fully saturated rings. The van der Waals surface area contributed by atoms with Crippen molar-refractivity contribution in [2.75, 3.05) is 44.2 Å². The van der Waals surface area contributed by atoms with Gasteiger partial charge in [-0.15, -0.1) is 0 Å². The third kappa shape index (κ3) is 6.89. The van der Waals surface area contributed by atoms with Crippen LogP contribution in [0.1, 0.15) is 27.9 Å². The van der Waals surface area contributed by atoms with Crippen molar-refractivity contribution in [3.8, 4) is 5.75 Å². The summed E-state index contributed by atoms with van der Waals surface area (Å²) in [6.45, 7) is 5.98. The summed E-state index contributed by atoms with van der Waals surface area (Å²) < 4.78 is 32.8. The Bertz CT molecular complexity index is 1160. The van der Waals surface area contributed by atoms with Crippen LogP contribution in [-0.4, -0.2) is 61.2 Å². The van der Waals surface area contributed by atoms with Crippen LogP contribution in [0.4, 0.5) is 14.5 Å². The molecule has 3 aromatic carbocycles. The molecule has 0 aromatic heterocycles. The van der Waals surface area contributed by atoms with Crippen molar-refractivity contribution in [1.29, 1.82) is 0 Å². The summed E-state index contributed by atoms with van der Waals surface area (Å²) in [4.78, 5) is 17.3. The van der Waals surface area contributed by atoms with Crippen LogP contribution in [0.15, 0.2) is 66.7 Å². The Kier molecular flexibility index (Phi) is 8.67. The molecule has 1 unspecified atom stereocenters. The van der Waals surface area contributed by atoms with Crippen LogP contribution in [0.5, 0.6) is 5.75 Å². The summed E-state index contributed by atoms with van der Waals surface area (Å²) in [5.74, 6) is -0.878. The fraction of sp³-hybridized carbons (Fsp3) is 0.345. The second kappa shape index (κ2) is 12.1. The molecule has 3 aromatic rings. The molecule has 1 atom stereocenters. The molecular weight excluding hydrogens is 462 g/mol. The zero-order valence-corrected chi connectivity index (χ0v) is 20.5. The maximum atomic E-state index is 13.9. The van der Waals surface area contributed by atoms with E-state index in [2.05, 4.69) is 28.9 Å². The second-order valence-electron chi connectivity index (χ2n) is 9.23. The van der Waals surface area contributed by atoms with Crippen molar-refractivity contribution >= 4 is 11.5 Å². The highest BCUT2D eigenvalue weighted by Gasteiger charge is 2.21. The van der Waals surface area contributed by atoms with E-state index in [1.165, 1.54) is 41.6 Å². The lowest BCUT2D eigenvalue weighted by atomic mass is 10.0. The molecule has 4 rings (SSSR count). The predicted octanol–water partition coefficient (Wildman–Crippen LogP) is 4.65. The zero-order chi connectivity index (χ0) is 25.5. The number of aliphatic hydroxyl groups is 1. The highest BCUT2D eigenvalue weighted by molar-refractivity contribution is 5.98. The topological polar surface area (TPSA) is 53.0 Å². The lowest BCUT2D eigenvalue weighted by molar-refractivity contribution is 0.0655. The number of aryl methyl sites for hydroxylation is 2. The van der Waals surface area contributed by atoms with Gasteiger partial charge in [0.25, 0.3) is 0 Å². The smallest absolute Gasteiger partial charge is 0.167 e. The normalized spacial score (nSPS) is 15.1. The number of para-hydroxylation sites is 1. The first-order valence-corrected chi connectivity index (χ1v) is 12.3. The van der Waals surface area contributed by atoms with E-state index in [1.54, 1.807) is 12.1 Å². The van der Waals surface area contributed by atoms with Gasteiger partial charge in [0.1, 0.15) is 30.1 Å². The molecule has 1 heterocycles. The maximum absolute atomic E-state index is 13.9. The van der Waals surface area contributed by atoms with E-state index in [4.69, 9.17) is 4.74 Å². The van der Waals surface area contributed by atoms with Gasteiger partial charge in [0.15, 0.2) is 5.78 Å². The van der Waals surface area contributed by atoms with E-state index in [-0.39, 0.29) is 35.9 Å². The summed E-state index contributed by atoms with van der Waals surface area (Å²) in [6, 6.07) is 18.1. The van der Waals surface area contributed by atoms with E-state index in [9.17, 15) is 18.7 Å². The lowest BCUT2D eigenvalue weighted by Gasteiger charge is -2.37. The van der Waals surface area contributed by atoms with Gasteiger partial charge in [-0.1, -0.05) is 30.3 Å². The Hall–Kier alpha value is -3.29. The number of hydrogen-bond acceptors (Lipinski definition) is 5. The monoisotopic (exact) mass is 494 g/mol. The number of carbonyl (C=O) groups excluding carboxylic acids is 1.